The van der Waals surface area contributed by atoms with Crippen LogP contribution in [-0.2, 0) is 14.4 Å². The molecular weight excluding hydrogens is 422 g/mol. The topological polar surface area (TPSA) is 77.2 Å². The fourth-order valence-electron chi connectivity index (χ4n) is 10.4. The number of hydrogen-bond acceptors (Lipinski definition) is 3. The first-order valence-corrected chi connectivity index (χ1v) is 13.7. The molecule has 34 heavy (non-hydrogen) atoms. The van der Waals surface area contributed by atoms with Crippen molar-refractivity contribution in [3.8, 4) is 0 Å². The van der Waals surface area contributed by atoms with Gasteiger partial charge in [-0.05, 0) is 89.4 Å². The molecule has 4 saturated carbocycles. The number of amides is 1. The predicted octanol–water partition coefficient (Wildman–Crippen LogP) is 5.59. The molecule has 0 aliphatic heterocycles. The third-order valence-corrected chi connectivity index (χ3v) is 13.4. The molecule has 188 valence electrons. The van der Waals surface area contributed by atoms with Gasteiger partial charge >= 0.3 is 0 Å². The molecule has 5 rings (SSSR count). The van der Waals surface area contributed by atoms with E-state index in [4.69, 9.17) is 5.73 Å². The third-order valence-electron chi connectivity index (χ3n) is 13.4. The molecular formula is C30H45NO3. The van der Waals surface area contributed by atoms with Crippen LogP contribution in [0.3, 0.4) is 0 Å². The van der Waals surface area contributed by atoms with Gasteiger partial charge in [-0.1, -0.05) is 54.5 Å². The number of carbonyl (C=O) groups is 3. The Labute approximate surface area is 205 Å². The second-order valence-electron chi connectivity index (χ2n) is 14.3. The largest absolute Gasteiger partial charge is 0.369 e. The van der Waals surface area contributed by atoms with Gasteiger partial charge in [0.05, 0.1) is 5.41 Å². The van der Waals surface area contributed by atoms with Gasteiger partial charge in [0.2, 0.25) is 5.91 Å². The summed E-state index contributed by atoms with van der Waals surface area (Å²) in [6.45, 7) is 16.2. The van der Waals surface area contributed by atoms with Gasteiger partial charge in [-0.2, -0.15) is 0 Å². The lowest BCUT2D eigenvalue weighted by atomic mass is 9.30. The highest BCUT2D eigenvalue weighted by Gasteiger charge is 2.73. The third kappa shape index (κ3) is 2.75. The Morgan fingerprint density at radius 3 is 2.24 bits per heavy atom. The predicted molar refractivity (Wildman–Crippen MR) is 133 cm³/mol. The fraction of sp³-hybridized carbons (Fsp3) is 0.833. The van der Waals surface area contributed by atoms with Crippen LogP contribution in [0.2, 0.25) is 0 Å². The van der Waals surface area contributed by atoms with E-state index in [-0.39, 0.29) is 45.7 Å². The smallest absolute Gasteiger partial charge is 0.224 e. The first-order valence-electron chi connectivity index (χ1n) is 13.7. The van der Waals surface area contributed by atoms with Gasteiger partial charge < -0.3 is 5.73 Å². The molecule has 0 saturated heterocycles. The molecule has 0 radical (unpaired) electrons. The van der Waals surface area contributed by atoms with Gasteiger partial charge in [-0.15, -0.1) is 0 Å². The number of rotatable bonds is 1. The van der Waals surface area contributed by atoms with Crippen molar-refractivity contribution in [3.05, 3.63) is 12.2 Å². The van der Waals surface area contributed by atoms with Gasteiger partial charge in [-0.25, -0.2) is 0 Å². The molecule has 2 N–H and O–H groups in total. The van der Waals surface area contributed by atoms with Crippen LogP contribution in [-0.4, -0.2) is 17.5 Å². The summed E-state index contributed by atoms with van der Waals surface area (Å²) in [6, 6.07) is 0. The minimum Gasteiger partial charge on any atom is -0.369 e. The molecule has 5 aliphatic carbocycles. The monoisotopic (exact) mass is 467 g/mol. The quantitative estimate of drug-likeness (QED) is 0.546. The van der Waals surface area contributed by atoms with Crippen molar-refractivity contribution in [1.82, 2.24) is 0 Å². The Morgan fingerprint density at radius 1 is 0.912 bits per heavy atom. The number of nitrogens with two attached hydrogens (primary N) is 1. The molecule has 4 nitrogen and oxygen atoms in total. The minimum absolute atomic E-state index is 0.0241. The zero-order valence-electron chi connectivity index (χ0n) is 22.3. The standard InChI is InChI=1S/C30H45NO3/c1-16-27(2,3)29(6,7)28(4,5)25-24-21(12-13-30(16,25)26(31)34)20-10-8-17-14-18(32)9-11-19(17)22(20)15-23(24)33/h9,11,16-17,19-22,24-25H,8,10,12-15H2,1-7H3,(H2,31,34). The first-order chi connectivity index (χ1) is 15.7. The number of primary amides is 1. The molecule has 0 heterocycles. The summed E-state index contributed by atoms with van der Waals surface area (Å²) in [5, 5.41) is 0. The van der Waals surface area contributed by atoms with Gasteiger partial charge in [0.15, 0.2) is 5.78 Å². The van der Waals surface area contributed by atoms with Crippen molar-refractivity contribution in [1.29, 1.82) is 0 Å². The Hall–Kier alpha value is -1.45. The molecule has 4 fully saturated rings. The van der Waals surface area contributed by atoms with E-state index in [0.717, 1.165) is 25.7 Å². The molecule has 0 aromatic carbocycles. The highest BCUT2D eigenvalue weighted by Crippen LogP contribution is 2.75. The first kappa shape index (κ1) is 24.3. The maximum Gasteiger partial charge on any atom is 0.224 e. The summed E-state index contributed by atoms with van der Waals surface area (Å²) < 4.78 is 0. The van der Waals surface area contributed by atoms with Gasteiger partial charge in [0.1, 0.15) is 5.78 Å². The number of hydrogen-bond donors (Lipinski definition) is 1. The average Bonchev–Trinajstić information content (AvgIpc) is 2.76. The molecule has 0 spiro atoms. The Bertz CT molecular complexity index is 958. The molecule has 0 aromatic heterocycles. The van der Waals surface area contributed by atoms with Crippen molar-refractivity contribution in [2.75, 3.05) is 0 Å². The fourth-order valence-corrected chi connectivity index (χ4v) is 10.4. The zero-order valence-corrected chi connectivity index (χ0v) is 22.3. The van der Waals surface area contributed by atoms with E-state index in [1.165, 1.54) is 0 Å². The highest BCUT2D eigenvalue weighted by molar-refractivity contribution is 5.91. The Balaban J connectivity index is 1.61. The number of carbonyl (C=O) groups excluding carboxylic acids is 3. The van der Waals surface area contributed by atoms with Crippen LogP contribution in [0, 0.1) is 69.0 Å². The number of Topliss-reactive ketones (excluding diaryl/α,β-unsaturated/α-hetero) is 1. The SMILES string of the molecule is CC1C2(C(N)=O)CCC3C4CCC5CC(=O)C=CC5C4CC(=O)C3C2C(C)(C)C(C)(C)C1(C)C. The lowest BCUT2D eigenvalue weighted by Gasteiger charge is -2.73. The van der Waals surface area contributed by atoms with E-state index < -0.39 is 5.41 Å². The summed E-state index contributed by atoms with van der Waals surface area (Å²) in [5.41, 5.74) is 5.34. The van der Waals surface area contributed by atoms with Gasteiger partial charge in [0, 0.05) is 18.8 Å². The van der Waals surface area contributed by atoms with Crippen LogP contribution < -0.4 is 5.73 Å². The zero-order chi connectivity index (χ0) is 25.0. The van der Waals surface area contributed by atoms with Crippen molar-refractivity contribution in [3.63, 3.8) is 0 Å². The second kappa shape index (κ2) is 7.29. The number of ketones is 2. The van der Waals surface area contributed by atoms with Crippen LogP contribution in [0.1, 0.15) is 87.0 Å². The van der Waals surface area contributed by atoms with Crippen molar-refractivity contribution in [2.24, 2.45) is 74.7 Å². The summed E-state index contributed by atoms with van der Waals surface area (Å²) >= 11 is 0. The molecule has 5 aliphatic rings. The van der Waals surface area contributed by atoms with E-state index in [0.29, 0.717) is 48.2 Å². The number of fused-ring (bicyclic) bond motifs is 7. The molecule has 9 atom stereocenters. The molecule has 0 bridgehead atoms. The van der Waals surface area contributed by atoms with Crippen molar-refractivity contribution >= 4 is 17.5 Å². The second-order valence-corrected chi connectivity index (χ2v) is 14.3. The Morgan fingerprint density at radius 2 is 1.59 bits per heavy atom. The van der Waals surface area contributed by atoms with Crippen molar-refractivity contribution in [2.45, 2.75) is 87.0 Å². The highest BCUT2D eigenvalue weighted by atomic mass is 16.1. The van der Waals surface area contributed by atoms with Crippen molar-refractivity contribution < 1.29 is 14.4 Å². The average molecular weight is 468 g/mol. The van der Waals surface area contributed by atoms with E-state index in [9.17, 15) is 14.4 Å². The minimum atomic E-state index is -0.638. The Kier molecular flexibility index (Phi) is 5.20. The summed E-state index contributed by atoms with van der Waals surface area (Å²) in [4.78, 5) is 39.7. The van der Waals surface area contributed by atoms with E-state index >= 15 is 0 Å². The summed E-state index contributed by atoms with van der Waals surface area (Å²) in [6.07, 6.45) is 9.08. The summed E-state index contributed by atoms with van der Waals surface area (Å²) in [7, 11) is 0. The van der Waals surface area contributed by atoms with Crippen LogP contribution in [0.15, 0.2) is 12.2 Å². The molecule has 1 amide bonds. The van der Waals surface area contributed by atoms with Crippen LogP contribution in [0.5, 0.6) is 0 Å². The van der Waals surface area contributed by atoms with Crippen LogP contribution >= 0.6 is 0 Å². The molecule has 4 heteroatoms. The van der Waals surface area contributed by atoms with Gasteiger partial charge in [0.25, 0.3) is 0 Å². The maximum atomic E-state index is 14.2. The maximum absolute atomic E-state index is 14.2. The van der Waals surface area contributed by atoms with E-state index in [2.05, 4.69) is 54.5 Å². The lowest BCUT2D eigenvalue weighted by molar-refractivity contribution is -0.249. The van der Waals surface area contributed by atoms with Crippen LogP contribution in [0.4, 0.5) is 0 Å². The number of allylic oxidation sites excluding steroid dienone is 2. The molecule has 9 unspecified atom stereocenters. The van der Waals surface area contributed by atoms with Gasteiger partial charge in [-0.3, -0.25) is 14.4 Å². The van der Waals surface area contributed by atoms with Crippen LogP contribution in [0.25, 0.3) is 0 Å². The van der Waals surface area contributed by atoms with E-state index in [1.54, 1.807) is 6.08 Å². The molecule has 0 aromatic rings. The lowest BCUT2D eigenvalue weighted by Crippen LogP contribution is -2.72. The summed E-state index contributed by atoms with van der Waals surface area (Å²) in [5.74, 6) is 2.38. The van der Waals surface area contributed by atoms with E-state index in [1.807, 2.05) is 0 Å². The normalized spacial score (nSPS) is 48.2.